The first-order valence-corrected chi connectivity index (χ1v) is 8.28. The predicted molar refractivity (Wildman–Crippen MR) is 91.9 cm³/mol. The Bertz CT molecular complexity index is 605. The molecule has 2 unspecified atom stereocenters. The van der Waals surface area contributed by atoms with Crippen LogP contribution in [0.2, 0.25) is 0 Å². The number of carbonyl (C=O) groups is 1. The molecule has 1 saturated carbocycles. The van der Waals surface area contributed by atoms with E-state index >= 15 is 0 Å². The molecule has 0 saturated heterocycles. The zero-order chi connectivity index (χ0) is 17.7. The van der Waals surface area contributed by atoms with Crippen molar-refractivity contribution in [2.24, 2.45) is 5.92 Å². The minimum absolute atomic E-state index is 0.0142. The van der Waals surface area contributed by atoms with Gasteiger partial charge in [0.05, 0.1) is 11.0 Å². The number of rotatable bonds is 7. The average Bonchev–Trinajstić information content (AvgIpc) is 2.92. The third-order valence-electron chi connectivity index (χ3n) is 4.58. The summed E-state index contributed by atoms with van der Waals surface area (Å²) >= 11 is 0. The highest BCUT2D eigenvalue weighted by molar-refractivity contribution is 5.91. The fourth-order valence-electron chi connectivity index (χ4n) is 3.13. The van der Waals surface area contributed by atoms with Crippen LogP contribution in [0, 0.1) is 23.0 Å². The number of nitrogens with zero attached hydrogens (tertiary/aromatic N) is 2. The van der Waals surface area contributed by atoms with E-state index in [1.54, 1.807) is 13.0 Å². The van der Waals surface area contributed by atoms with Crippen molar-refractivity contribution in [2.75, 3.05) is 25.5 Å². The zero-order valence-electron chi connectivity index (χ0n) is 14.2. The van der Waals surface area contributed by atoms with E-state index in [1.807, 2.05) is 7.05 Å². The second-order valence-corrected chi connectivity index (χ2v) is 6.58. The van der Waals surface area contributed by atoms with E-state index in [-0.39, 0.29) is 17.7 Å². The number of anilines is 1. The van der Waals surface area contributed by atoms with E-state index in [0.717, 1.165) is 25.8 Å². The number of nitro benzene ring substituents is 1. The fourth-order valence-corrected chi connectivity index (χ4v) is 3.13. The van der Waals surface area contributed by atoms with Crippen LogP contribution < -0.4 is 5.32 Å². The minimum Gasteiger partial charge on any atom is -0.393 e. The number of aliphatic hydroxyl groups is 1. The molecule has 0 aliphatic heterocycles. The van der Waals surface area contributed by atoms with Crippen LogP contribution in [0.25, 0.3) is 0 Å². The first-order valence-electron chi connectivity index (χ1n) is 8.28. The summed E-state index contributed by atoms with van der Waals surface area (Å²) in [6.45, 7) is 3.14. The smallest absolute Gasteiger partial charge is 0.269 e. The number of nitrogens with one attached hydrogen (secondary N) is 1. The number of aliphatic hydroxyl groups excluding tert-OH is 1. The molecule has 24 heavy (non-hydrogen) atoms. The summed E-state index contributed by atoms with van der Waals surface area (Å²) in [6.07, 6.45) is 3.11. The molecule has 2 rings (SSSR count). The van der Waals surface area contributed by atoms with Crippen molar-refractivity contribution in [2.45, 2.75) is 38.7 Å². The van der Waals surface area contributed by atoms with Crippen molar-refractivity contribution in [3.63, 3.8) is 0 Å². The molecule has 2 atom stereocenters. The normalized spacial score (nSPS) is 20.3. The number of nitro groups is 1. The molecule has 1 aliphatic carbocycles. The van der Waals surface area contributed by atoms with Crippen LogP contribution in [0.3, 0.4) is 0 Å². The van der Waals surface area contributed by atoms with Gasteiger partial charge in [0, 0.05) is 37.3 Å². The molecule has 0 radical (unpaired) electrons. The van der Waals surface area contributed by atoms with Crippen LogP contribution in [0.4, 0.5) is 11.4 Å². The summed E-state index contributed by atoms with van der Waals surface area (Å²) in [7, 11) is 1.95. The molecule has 1 aliphatic rings. The lowest BCUT2D eigenvalue weighted by Crippen LogP contribution is -2.32. The number of hydrogen-bond acceptors (Lipinski definition) is 5. The van der Waals surface area contributed by atoms with Crippen molar-refractivity contribution in [3.05, 3.63) is 33.9 Å². The topological polar surface area (TPSA) is 95.7 Å². The van der Waals surface area contributed by atoms with Crippen LogP contribution in [0.5, 0.6) is 0 Å². The molecule has 2 N–H and O–H groups in total. The molecule has 1 aromatic carbocycles. The Morgan fingerprint density at radius 2 is 2.21 bits per heavy atom. The Morgan fingerprint density at radius 1 is 1.46 bits per heavy atom. The Hall–Kier alpha value is -1.99. The molecule has 7 heteroatoms. The van der Waals surface area contributed by atoms with Gasteiger partial charge in [-0.3, -0.25) is 14.9 Å². The maximum absolute atomic E-state index is 12.1. The second-order valence-electron chi connectivity index (χ2n) is 6.58. The van der Waals surface area contributed by atoms with Gasteiger partial charge in [-0.05, 0) is 44.4 Å². The highest BCUT2D eigenvalue weighted by atomic mass is 16.6. The Balaban J connectivity index is 1.79. The van der Waals surface area contributed by atoms with E-state index in [9.17, 15) is 20.0 Å². The molecular formula is C17H25N3O4. The van der Waals surface area contributed by atoms with Gasteiger partial charge in [-0.25, -0.2) is 0 Å². The third kappa shape index (κ3) is 5.01. The van der Waals surface area contributed by atoms with E-state index in [2.05, 4.69) is 10.2 Å². The molecule has 7 nitrogen and oxygen atoms in total. The summed E-state index contributed by atoms with van der Waals surface area (Å²) < 4.78 is 0. The van der Waals surface area contributed by atoms with E-state index < -0.39 is 4.92 Å². The maximum atomic E-state index is 12.1. The maximum Gasteiger partial charge on any atom is 0.269 e. The summed E-state index contributed by atoms with van der Waals surface area (Å²) in [5, 5.41) is 23.4. The monoisotopic (exact) mass is 335 g/mol. The SMILES string of the molecule is Cc1cc([N+](=O)[O-])ccc1NC(=O)CCN(C)CC1CCCC1O. The number of carbonyl (C=O) groups excluding carboxylic acids is 1. The predicted octanol–water partition coefficient (Wildman–Crippen LogP) is 2.32. The van der Waals surface area contributed by atoms with E-state index in [4.69, 9.17) is 0 Å². The van der Waals surface area contributed by atoms with Crippen molar-refractivity contribution in [3.8, 4) is 0 Å². The Morgan fingerprint density at radius 3 is 2.79 bits per heavy atom. The van der Waals surface area contributed by atoms with Crippen LogP contribution in [-0.4, -0.2) is 47.1 Å². The lowest BCUT2D eigenvalue weighted by Gasteiger charge is -2.22. The Labute approximate surface area is 141 Å². The molecule has 1 fully saturated rings. The van der Waals surface area contributed by atoms with Crippen LogP contribution in [0.15, 0.2) is 18.2 Å². The van der Waals surface area contributed by atoms with E-state index in [1.165, 1.54) is 12.1 Å². The van der Waals surface area contributed by atoms with Crippen LogP contribution >= 0.6 is 0 Å². The second kappa shape index (κ2) is 8.21. The third-order valence-corrected chi connectivity index (χ3v) is 4.58. The highest BCUT2D eigenvalue weighted by Gasteiger charge is 2.26. The number of amides is 1. The van der Waals surface area contributed by atoms with Gasteiger partial charge >= 0.3 is 0 Å². The number of aryl methyl sites for hydroxylation is 1. The molecule has 1 amide bonds. The summed E-state index contributed by atoms with van der Waals surface area (Å²) in [6, 6.07) is 4.39. The number of non-ortho nitro benzene ring substituents is 1. The lowest BCUT2D eigenvalue weighted by atomic mass is 10.1. The van der Waals surface area contributed by atoms with Crippen molar-refractivity contribution < 1.29 is 14.8 Å². The molecule has 0 heterocycles. The van der Waals surface area contributed by atoms with Crippen molar-refractivity contribution in [1.82, 2.24) is 4.90 Å². The number of hydrogen-bond donors (Lipinski definition) is 2. The first kappa shape index (κ1) is 18.4. The summed E-state index contributed by atoms with van der Waals surface area (Å²) in [4.78, 5) is 24.4. The van der Waals surface area contributed by atoms with Crippen LogP contribution in [0.1, 0.15) is 31.2 Å². The van der Waals surface area contributed by atoms with E-state index in [0.29, 0.717) is 30.1 Å². The largest absolute Gasteiger partial charge is 0.393 e. The molecule has 0 aromatic heterocycles. The summed E-state index contributed by atoms with van der Waals surface area (Å²) in [5.41, 5.74) is 1.28. The van der Waals surface area contributed by atoms with Gasteiger partial charge < -0.3 is 15.3 Å². The van der Waals surface area contributed by atoms with Gasteiger partial charge in [-0.15, -0.1) is 0 Å². The fraction of sp³-hybridized carbons (Fsp3) is 0.588. The van der Waals surface area contributed by atoms with Gasteiger partial charge in [0.25, 0.3) is 5.69 Å². The van der Waals surface area contributed by atoms with Crippen molar-refractivity contribution in [1.29, 1.82) is 0 Å². The number of benzene rings is 1. The quantitative estimate of drug-likeness (QED) is 0.589. The molecule has 0 bridgehead atoms. The van der Waals surface area contributed by atoms with Crippen LogP contribution in [-0.2, 0) is 4.79 Å². The van der Waals surface area contributed by atoms with Gasteiger partial charge in [0.2, 0.25) is 5.91 Å². The van der Waals surface area contributed by atoms with Gasteiger partial charge in [-0.1, -0.05) is 6.42 Å². The lowest BCUT2D eigenvalue weighted by molar-refractivity contribution is -0.384. The summed E-state index contributed by atoms with van der Waals surface area (Å²) in [5.74, 6) is 0.181. The highest BCUT2D eigenvalue weighted by Crippen LogP contribution is 2.26. The molecule has 1 aromatic rings. The standard InChI is InChI=1S/C17H25N3O4/c1-12-10-14(20(23)24)6-7-15(12)18-17(22)8-9-19(2)11-13-4-3-5-16(13)21/h6-7,10,13,16,21H,3-5,8-9,11H2,1-2H3,(H,18,22). The average molecular weight is 335 g/mol. The molecule has 0 spiro atoms. The van der Waals surface area contributed by atoms with Gasteiger partial charge in [-0.2, -0.15) is 0 Å². The molecule has 132 valence electrons. The minimum atomic E-state index is -0.453. The Kier molecular flexibility index (Phi) is 6.28. The van der Waals surface area contributed by atoms with Gasteiger partial charge in [0.15, 0.2) is 0 Å². The first-order chi connectivity index (χ1) is 11.4. The zero-order valence-corrected chi connectivity index (χ0v) is 14.2. The van der Waals surface area contributed by atoms with Gasteiger partial charge in [0.1, 0.15) is 0 Å². The molecular weight excluding hydrogens is 310 g/mol. The van der Waals surface area contributed by atoms with Crippen molar-refractivity contribution >= 4 is 17.3 Å².